The summed E-state index contributed by atoms with van der Waals surface area (Å²) in [5, 5.41) is 8.99. The molecule has 1 aliphatic heterocycles. The van der Waals surface area contributed by atoms with Crippen molar-refractivity contribution in [3.63, 3.8) is 0 Å². The average molecular weight is 318 g/mol. The molecule has 21 heavy (non-hydrogen) atoms. The van der Waals surface area contributed by atoms with Crippen LogP contribution in [0.25, 0.3) is 0 Å². The predicted octanol–water partition coefficient (Wildman–Crippen LogP) is 1.68. The summed E-state index contributed by atoms with van der Waals surface area (Å²) < 4.78 is 27.4. The van der Waals surface area contributed by atoms with Crippen LogP contribution in [-0.4, -0.2) is 54.3 Å². The Labute approximate surface area is 127 Å². The zero-order valence-electron chi connectivity index (χ0n) is 12.9. The summed E-state index contributed by atoms with van der Waals surface area (Å²) in [5.74, 6) is -1.12. The van der Waals surface area contributed by atoms with Crippen molar-refractivity contribution in [3.05, 3.63) is 0 Å². The molecule has 7 heteroatoms. The van der Waals surface area contributed by atoms with Crippen molar-refractivity contribution in [2.24, 2.45) is 5.41 Å². The van der Waals surface area contributed by atoms with Crippen LogP contribution < -0.4 is 0 Å². The molecule has 1 saturated carbocycles. The van der Waals surface area contributed by atoms with E-state index in [0.717, 1.165) is 17.1 Å². The third-order valence-electron chi connectivity index (χ3n) is 5.29. The molecule has 0 aromatic rings. The van der Waals surface area contributed by atoms with Crippen LogP contribution in [0.4, 0.5) is 0 Å². The molecular formula is C14H26N2O4S. The third kappa shape index (κ3) is 3.40. The number of carbonyl (C=O) groups is 1. The lowest BCUT2D eigenvalue weighted by Gasteiger charge is -2.44. The topological polar surface area (TPSA) is 77.9 Å². The molecule has 1 unspecified atom stereocenters. The van der Waals surface area contributed by atoms with E-state index in [0.29, 0.717) is 18.5 Å². The van der Waals surface area contributed by atoms with Gasteiger partial charge >= 0.3 is 5.97 Å². The maximum absolute atomic E-state index is 12.5. The maximum atomic E-state index is 12.5. The standard InChI is InChI=1S/C14H26N2O4S/c1-12(13(17)18)15(2)21(19,20)16-10-8-14(9-11-16)6-4-3-5-7-14/h12H,3-11H2,1-2H3,(H,17,18). The van der Waals surface area contributed by atoms with Gasteiger partial charge in [0.05, 0.1) is 0 Å². The van der Waals surface area contributed by atoms with E-state index in [9.17, 15) is 13.2 Å². The van der Waals surface area contributed by atoms with Crippen LogP contribution in [0.2, 0.25) is 0 Å². The first-order chi connectivity index (χ1) is 9.78. The van der Waals surface area contributed by atoms with Crippen LogP contribution in [-0.2, 0) is 15.0 Å². The largest absolute Gasteiger partial charge is 0.480 e. The number of hydrogen-bond donors (Lipinski definition) is 1. The molecular weight excluding hydrogens is 292 g/mol. The SMILES string of the molecule is CC(C(=O)O)N(C)S(=O)(=O)N1CCC2(CCCCC2)CC1. The minimum absolute atomic E-state index is 0.335. The van der Waals surface area contributed by atoms with Crippen molar-refractivity contribution in [3.8, 4) is 0 Å². The summed E-state index contributed by atoms with van der Waals surface area (Å²) in [4.78, 5) is 11.0. The maximum Gasteiger partial charge on any atom is 0.321 e. The minimum Gasteiger partial charge on any atom is -0.480 e. The molecule has 2 fully saturated rings. The fourth-order valence-corrected chi connectivity index (χ4v) is 5.03. The van der Waals surface area contributed by atoms with Gasteiger partial charge in [-0.25, -0.2) is 0 Å². The normalized spacial score (nSPS) is 25.1. The van der Waals surface area contributed by atoms with E-state index in [2.05, 4.69) is 0 Å². The van der Waals surface area contributed by atoms with Crippen molar-refractivity contribution < 1.29 is 18.3 Å². The quantitative estimate of drug-likeness (QED) is 0.855. The molecule has 1 spiro atoms. The van der Waals surface area contributed by atoms with Crippen LogP contribution in [0.5, 0.6) is 0 Å². The lowest BCUT2D eigenvalue weighted by atomic mass is 9.68. The second-order valence-electron chi connectivity index (χ2n) is 6.50. The number of likely N-dealkylation sites (N-methyl/N-ethyl adjacent to an activating group) is 1. The van der Waals surface area contributed by atoms with E-state index in [1.165, 1.54) is 50.4 Å². The van der Waals surface area contributed by atoms with E-state index in [-0.39, 0.29) is 0 Å². The molecule has 0 radical (unpaired) electrons. The molecule has 1 heterocycles. The molecule has 2 rings (SSSR count). The molecule has 1 saturated heterocycles. The summed E-state index contributed by atoms with van der Waals surface area (Å²) in [5.41, 5.74) is 0.335. The summed E-state index contributed by atoms with van der Waals surface area (Å²) in [6.45, 7) is 2.42. The zero-order chi connectivity index (χ0) is 15.7. The molecule has 122 valence electrons. The highest BCUT2D eigenvalue weighted by atomic mass is 32.2. The summed E-state index contributed by atoms with van der Waals surface area (Å²) in [6, 6.07) is -1.04. The number of carboxylic acid groups (broad SMARTS) is 1. The van der Waals surface area contributed by atoms with Gasteiger partial charge in [0, 0.05) is 20.1 Å². The Bertz CT molecular complexity index is 475. The molecule has 0 amide bonds. The van der Waals surface area contributed by atoms with Gasteiger partial charge in [-0.3, -0.25) is 4.79 Å². The van der Waals surface area contributed by atoms with Crippen molar-refractivity contribution in [1.82, 2.24) is 8.61 Å². The first-order valence-electron chi connectivity index (χ1n) is 7.74. The van der Waals surface area contributed by atoms with Gasteiger partial charge in [0.2, 0.25) is 0 Å². The molecule has 0 bridgehead atoms. The number of aliphatic carboxylic acids is 1. The van der Waals surface area contributed by atoms with Crippen LogP contribution in [0.1, 0.15) is 51.9 Å². The highest BCUT2D eigenvalue weighted by molar-refractivity contribution is 7.86. The van der Waals surface area contributed by atoms with Crippen LogP contribution in [0, 0.1) is 5.41 Å². The summed E-state index contributed by atoms with van der Waals surface area (Å²) in [6.07, 6.45) is 8.03. The fraction of sp³-hybridized carbons (Fsp3) is 0.929. The molecule has 2 aliphatic rings. The van der Waals surface area contributed by atoms with E-state index < -0.39 is 22.2 Å². The second kappa shape index (κ2) is 6.22. The molecule has 6 nitrogen and oxygen atoms in total. The first kappa shape index (κ1) is 16.7. The van der Waals surface area contributed by atoms with Crippen LogP contribution in [0.15, 0.2) is 0 Å². The van der Waals surface area contributed by atoms with Crippen molar-refractivity contribution in [1.29, 1.82) is 0 Å². The van der Waals surface area contributed by atoms with Crippen molar-refractivity contribution in [2.45, 2.75) is 57.9 Å². The Morgan fingerprint density at radius 2 is 1.67 bits per heavy atom. The van der Waals surface area contributed by atoms with Gasteiger partial charge in [0.15, 0.2) is 0 Å². The Morgan fingerprint density at radius 3 is 2.14 bits per heavy atom. The molecule has 1 aliphatic carbocycles. The van der Waals surface area contributed by atoms with Crippen molar-refractivity contribution in [2.75, 3.05) is 20.1 Å². The van der Waals surface area contributed by atoms with Gasteiger partial charge in [-0.2, -0.15) is 17.0 Å². The minimum atomic E-state index is -3.68. The Balaban J connectivity index is 2.02. The molecule has 1 atom stereocenters. The number of hydrogen-bond acceptors (Lipinski definition) is 3. The highest BCUT2D eigenvalue weighted by Crippen LogP contribution is 2.44. The first-order valence-corrected chi connectivity index (χ1v) is 9.14. The van der Waals surface area contributed by atoms with Crippen LogP contribution in [0.3, 0.4) is 0 Å². The van der Waals surface area contributed by atoms with Gasteiger partial charge in [0.1, 0.15) is 6.04 Å². The lowest BCUT2D eigenvalue weighted by molar-refractivity contribution is -0.140. The number of nitrogens with zero attached hydrogens (tertiary/aromatic N) is 2. The Hall–Kier alpha value is -0.660. The Morgan fingerprint density at radius 1 is 1.14 bits per heavy atom. The summed E-state index contributed by atoms with van der Waals surface area (Å²) >= 11 is 0. The van der Waals surface area contributed by atoms with Gasteiger partial charge < -0.3 is 5.11 Å². The van der Waals surface area contributed by atoms with Crippen LogP contribution >= 0.6 is 0 Å². The van der Waals surface area contributed by atoms with E-state index >= 15 is 0 Å². The predicted molar refractivity (Wildman–Crippen MR) is 80.1 cm³/mol. The number of carboxylic acids is 1. The molecule has 0 aromatic heterocycles. The van der Waals surface area contributed by atoms with E-state index in [4.69, 9.17) is 5.11 Å². The fourth-order valence-electron chi connectivity index (χ4n) is 3.53. The summed E-state index contributed by atoms with van der Waals surface area (Å²) in [7, 11) is -2.33. The second-order valence-corrected chi connectivity index (χ2v) is 8.49. The lowest BCUT2D eigenvalue weighted by Crippen LogP contribution is -2.52. The van der Waals surface area contributed by atoms with Gasteiger partial charge in [-0.05, 0) is 38.0 Å². The molecule has 0 aromatic carbocycles. The average Bonchev–Trinajstić information content (AvgIpc) is 2.47. The smallest absolute Gasteiger partial charge is 0.321 e. The third-order valence-corrected chi connectivity index (χ3v) is 7.35. The Kier molecular flexibility index (Phi) is 4.95. The monoisotopic (exact) mass is 318 g/mol. The zero-order valence-corrected chi connectivity index (χ0v) is 13.7. The van der Waals surface area contributed by atoms with Gasteiger partial charge in [-0.15, -0.1) is 0 Å². The highest BCUT2D eigenvalue weighted by Gasteiger charge is 2.41. The van der Waals surface area contributed by atoms with Crippen molar-refractivity contribution >= 4 is 16.2 Å². The van der Waals surface area contributed by atoms with E-state index in [1.807, 2.05) is 0 Å². The number of piperidine rings is 1. The number of rotatable bonds is 4. The van der Waals surface area contributed by atoms with Gasteiger partial charge in [-0.1, -0.05) is 19.3 Å². The van der Waals surface area contributed by atoms with E-state index in [1.54, 1.807) is 0 Å². The van der Waals surface area contributed by atoms with Gasteiger partial charge in [0.25, 0.3) is 10.2 Å². The molecule has 1 N–H and O–H groups in total.